The molecular formula is C13H14Cl2N2O. The summed E-state index contributed by atoms with van der Waals surface area (Å²) < 4.78 is 1.60. The molecule has 3 nitrogen and oxygen atoms in total. The summed E-state index contributed by atoms with van der Waals surface area (Å²) in [5, 5.41) is 2.19. The van der Waals surface area contributed by atoms with E-state index in [0.717, 1.165) is 6.42 Å². The van der Waals surface area contributed by atoms with E-state index < -0.39 is 0 Å². The minimum absolute atomic E-state index is 0.0326. The first kappa shape index (κ1) is 13.4. The topological polar surface area (TPSA) is 48.0 Å². The maximum absolute atomic E-state index is 12.3. The molecule has 0 fully saturated rings. The molecule has 1 aromatic heterocycles. The van der Waals surface area contributed by atoms with Gasteiger partial charge in [0.05, 0.1) is 10.4 Å². The second-order valence-electron chi connectivity index (χ2n) is 4.29. The SMILES string of the molecule is CCC(N)Cn1ccc2c(Cl)cc(Cl)cc2c1=O. The molecule has 1 unspecified atom stereocenters. The Bertz CT molecular complexity index is 637. The van der Waals surface area contributed by atoms with Crippen LogP contribution in [0.3, 0.4) is 0 Å². The van der Waals surface area contributed by atoms with Gasteiger partial charge in [-0.05, 0) is 24.6 Å². The number of fused-ring (bicyclic) bond motifs is 1. The van der Waals surface area contributed by atoms with Gasteiger partial charge in [0.1, 0.15) is 0 Å². The Morgan fingerprint density at radius 2 is 2.06 bits per heavy atom. The Hall–Kier alpha value is -1.03. The third-order valence-corrected chi connectivity index (χ3v) is 3.49. The van der Waals surface area contributed by atoms with Gasteiger partial charge in [-0.15, -0.1) is 0 Å². The highest BCUT2D eigenvalue weighted by atomic mass is 35.5. The van der Waals surface area contributed by atoms with E-state index in [-0.39, 0.29) is 11.6 Å². The van der Waals surface area contributed by atoms with Crippen LogP contribution in [-0.4, -0.2) is 10.6 Å². The van der Waals surface area contributed by atoms with Crippen molar-refractivity contribution in [3.63, 3.8) is 0 Å². The minimum atomic E-state index is -0.110. The lowest BCUT2D eigenvalue weighted by molar-refractivity contribution is 0.529. The molecule has 0 aliphatic heterocycles. The zero-order valence-electron chi connectivity index (χ0n) is 9.99. The van der Waals surface area contributed by atoms with Crippen LogP contribution in [-0.2, 0) is 6.54 Å². The quantitative estimate of drug-likeness (QED) is 0.942. The summed E-state index contributed by atoms with van der Waals surface area (Å²) in [6.45, 7) is 2.49. The van der Waals surface area contributed by atoms with Gasteiger partial charge in [-0.1, -0.05) is 30.1 Å². The fourth-order valence-electron chi connectivity index (χ4n) is 1.84. The van der Waals surface area contributed by atoms with Gasteiger partial charge in [-0.2, -0.15) is 0 Å². The van der Waals surface area contributed by atoms with Crippen molar-refractivity contribution in [2.75, 3.05) is 0 Å². The van der Waals surface area contributed by atoms with Crippen molar-refractivity contribution in [1.29, 1.82) is 0 Å². The van der Waals surface area contributed by atoms with Gasteiger partial charge >= 0.3 is 0 Å². The second kappa shape index (κ2) is 5.31. The molecule has 96 valence electrons. The minimum Gasteiger partial charge on any atom is -0.326 e. The van der Waals surface area contributed by atoms with Crippen molar-refractivity contribution in [2.45, 2.75) is 25.9 Å². The van der Waals surface area contributed by atoms with Gasteiger partial charge in [0, 0.05) is 29.2 Å². The molecule has 1 heterocycles. The number of nitrogens with zero attached hydrogens (tertiary/aromatic N) is 1. The summed E-state index contributed by atoms with van der Waals surface area (Å²) in [6, 6.07) is 5.05. The van der Waals surface area contributed by atoms with E-state index in [4.69, 9.17) is 28.9 Å². The summed E-state index contributed by atoms with van der Waals surface area (Å²) >= 11 is 12.0. The molecule has 0 spiro atoms. The van der Waals surface area contributed by atoms with Crippen molar-refractivity contribution in [3.05, 3.63) is 44.8 Å². The number of halogens is 2. The number of pyridine rings is 1. The summed E-state index contributed by atoms with van der Waals surface area (Å²) in [4.78, 5) is 12.3. The highest BCUT2D eigenvalue weighted by Crippen LogP contribution is 2.25. The van der Waals surface area contributed by atoms with E-state index in [1.165, 1.54) is 0 Å². The van der Waals surface area contributed by atoms with Crippen LogP contribution in [0.25, 0.3) is 10.8 Å². The van der Waals surface area contributed by atoms with Crippen LogP contribution in [0, 0.1) is 0 Å². The molecule has 2 rings (SSSR count). The molecular weight excluding hydrogens is 271 g/mol. The molecule has 1 aromatic carbocycles. The molecule has 0 radical (unpaired) electrons. The molecule has 0 bridgehead atoms. The van der Waals surface area contributed by atoms with Crippen molar-refractivity contribution < 1.29 is 0 Å². The van der Waals surface area contributed by atoms with E-state index in [1.54, 1.807) is 22.9 Å². The van der Waals surface area contributed by atoms with Crippen molar-refractivity contribution in [2.24, 2.45) is 5.73 Å². The number of aromatic nitrogens is 1. The maximum atomic E-state index is 12.3. The Kier molecular flexibility index (Phi) is 3.95. The van der Waals surface area contributed by atoms with E-state index in [9.17, 15) is 4.79 Å². The average molecular weight is 285 g/mol. The third kappa shape index (κ3) is 2.53. The molecule has 0 saturated heterocycles. The predicted octanol–water partition coefficient (Wildman–Crippen LogP) is 3.05. The van der Waals surface area contributed by atoms with Gasteiger partial charge < -0.3 is 10.3 Å². The van der Waals surface area contributed by atoms with E-state index >= 15 is 0 Å². The van der Waals surface area contributed by atoms with Crippen LogP contribution in [0.15, 0.2) is 29.2 Å². The Balaban J connectivity index is 2.60. The van der Waals surface area contributed by atoms with Gasteiger partial charge in [0.2, 0.25) is 0 Å². The van der Waals surface area contributed by atoms with Crippen molar-refractivity contribution in [3.8, 4) is 0 Å². The first-order chi connectivity index (χ1) is 8.52. The summed E-state index contributed by atoms with van der Waals surface area (Å²) in [7, 11) is 0. The number of nitrogens with two attached hydrogens (primary N) is 1. The Labute approximate surface area is 115 Å². The number of benzene rings is 1. The largest absolute Gasteiger partial charge is 0.326 e. The molecule has 0 saturated carbocycles. The first-order valence-corrected chi connectivity index (χ1v) is 6.52. The van der Waals surface area contributed by atoms with Crippen LogP contribution in [0.4, 0.5) is 0 Å². The fourth-order valence-corrected chi connectivity index (χ4v) is 2.40. The van der Waals surface area contributed by atoms with Crippen LogP contribution in [0.5, 0.6) is 0 Å². The molecule has 0 amide bonds. The number of hydrogen-bond donors (Lipinski definition) is 1. The van der Waals surface area contributed by atoms with Crippen molar-refractivity contribution in [1.82, 2.24) is 4.57 Å². The van der Waals surface area contributed by atoms with Crippen LogP contribution >= 0.6 is 23.2 Å². The zero-order valence-corrected chi connectivity index (χ0v) is 11.5. The molecule has 18 heavy (non-hydrogen) atoms. The van der Waals surface area contributed by atoms with Crippen molar-refractivity contribution >= 4 is 34.0 Å². The summed E-state index contributed by atoms with van der Waals surface area (Å²) in [5.41, 5.74) is 5.76. The molecule has 5 heteroatoms. The van der Waals surface area contributed by atoms with E-state index in [2.05, 4.69) is 0 Å². The summed E-state index contributed by atoms with van der Waals surface area (Å²) in [5.74, 6) is 0. The Morgan fingerprint density at radius 1 is 1.33 bits per heavy atom. The standard InChI is InChI=1S/C13H14Cl2N2O/c1-2-9(16)7-17-4-3-10-11(13(17)18)5-8(14)6-12(10)15/h3-6,9H,2,7,16H2,1H3. The second-order valence-corrected chi connectivity index (χ2v) is 5.13. The normalized spacial score (nSPS) is 12.9. The average Bonchev–Trinajstić information content (AvgIpc) is 2.33. The number of rotatable bonds is 3. The predicted molar refractivity (Wildman–Crippen MR) is 76.5 cm³/mol. The van der Waals surface area contributed by atoms with Crippen LogP contribution in [0.2, 0.25) is 10.0 Å². The highest BCUT2D eigenvalue weighted by molar-refractivity contribution is 6.38. The van der Waals surface area contributed by atoms with Crippen LogP contribution in [0.1, 0.15) is 13.3 Å². The smallest absolute Gasteiger partial charge is 0.258 e. The van der Waals surface area contributed by atoms with Gasteiger partial charge in [0.25, 0.3) is 5.56 Å². The number of hydrogen-bond acceptors (Lipinski definition) is 2. The Morgan fingerprint density at radius 3 is 2.72 bits per heavy atom. The highest BCUT2D eigenvalue weighted by Gasteiger charge is 2.09. The lowest BCUT2D eigenvalue weighted by atomic mass is 10.1. The summed E-state index contributed by atoms with van der Waals surface area (Å²) in [6.07, 6.45) is 2.54. The van der Waals surface area contributed by atoms with Gasteiger partial charge in [-0.3, -0.25) is 4.79 Å². The monoisotopic (exact) mass is 284 g/mol. The molecule has 2 aromatic rings. The first-order valence-electron chi connectivity index (χ1n) is 5.76. The molecule has 1 atom stereocenters. The molecule has 0 aliphatic rings. The van der Waals surface area contributed by atoms with Gasteiger partial charge in [0.15, 0.2) is 0 Å². The van der Waals surface area contributed by atoms with E-state index in [0.29, 0.717) is 27.4 Å². The maximum Gasteiger partial charge on any atom is 0.258 e. The van der Waals surface area contributed by atoms with E-state index in [1.807, 2.05) is 13.0 Å². The van der Waals surface area contributed by atoms with Gasteiger partial charge in [-0.25, -0.2) is 0 Å². The third-order valence-electron chi connectivity index (χ3n) is 2.96. The fraction of sp³-hybridized carbons (Fsp3) is 0.308. The van der Waals surface area contributed by atoms with Crippen LogP contribution < -0.4 is 11.3 Å². The lowest BCUT2D eigenvalue weighted by Gasteiger charge is -2.12. The zero-order chi connectivity index (χ0) is 13.3. The molecule has 0 aliphatic carbocycles. The molecule has 2 N–H and O–H groups in total. The lowest BCUT2D eigenvalue weighted by Crippen LogP contribution is -2.31.